The van der Waals surface area contributed by atoms with Crippen molar-refractivity contribution in [1.29, 1.82) is 0 Å². The maximum absolute atomic E-state index is 14.9. The molecule has 0 atom stereocenters. The van der Waals surface area contributed by atoms with Crippen LogP contribution >= 0.6 is 11.6 Å². The largest absolute Gasteiger partial charge is 0.376 e. The summed E-state index contributed by atoms with van der Waals surface area (Å²) >= 11 is 5.91. The smallest absolute Gasteiger partial charge is 0.283 e. The van der Waals surface area contributed by atoms with Crippen LogP contribution in [0.1, 0.15) is 10.4 Å². The minimum Gasteiger partial charge on any atom is -0.376 e. The van der Waals surface area contributed by atoms with Crippen LogP contribution in [0.4, 0.5) is 4.39 Å². The minimum absolute atomic E-state index is 0.197. The van der Waals surface area contributed by atoms with E-state index in [1.54, 1.807) is 18.2 Å². The summed E-state index contributed by atoms with van der Waals surface area (Å²) in [7, 11) is -6.58. The third-order valence-corrected chi connectivity index (χ3v) is 7.06. The number of nitrogens with zero attached hydrogens (tertiary/aromatic N) is 1. The number of rotatable bonds is 6. The molecule has 0 saturated carbocycles. The lowest BCUT2D eigenvalue weighted by Gasteiger charge is -2.18. The Morgan fingerprint density at radius 1 is 1.11 bits per heavy atom. The summed E-state index contributed by atoms with van der Waals surface area (Å²) in [5.74, 6) is -3.01. The lowest BCUT2D eigenvalue weighted by Crippen LogP contribution is -2.29. The Morgan fingerprint density at radius 3 is 2.18 bits per heavy atom. The van der Waals surface area contributed by atoms with Gasteiger partial charge in [-0.25, -0.2) is 25.5 Å². The second-order valence-corrected chi connectivity index (χ2v) is 10.2. The molecule has 152 valence electrons. The summed E-state index contributed by atoms with van der Waals surface area (Å²) in [4.78, 5) is 14.8. The zero-order valence-corrected chi connectivity index (χ0v) is 17.3. The first-order valence-electron chi connectivity index (χ1n) is 7.54. The topological polar surface area (TPSA) is 110 Å². The van der Waals surface area contributed by atoms with Crippen molar-refractivity contribution in [2.24, 2.45) is 0 Å². The fourth-order valence-corrected chi connectivity index (χ4v) is 5.46. The van der Waals surface area contributed by atoms with Gasteiger partial charge in [0.25, 0.3) is 5.91 Å². The fourth-order valence-electron chi connectivity index (χ4n) is 2.15. The second-order valence-electron chi connectivity index (χ2n) is 5.79. The number of carbonyl (C=O) groups is 1. The van der Waals surface area contributed by atoms with Gasteiger partial charge in [-0.2, -0.15) is 5.48 Å². The van der Waals surface area contributed by atoms with Crippen molar-refractivity contribution in [1.82, 2.24) is 9.79 Å². The number of nitrogens with one attached hydrogen (secondary N) is 1. The minimum atomic E-state index is -4.56. The average molecular weight is 451 g/mol. The van der Waals surface area contributed by atoms with Gasteiger partial charge in [0.2, 0.25) is 10.0 Å². The molecule has 0 heterocycles. The standard InChI is InChI=1S/C16H16ClFN2O6S2/c1-20(2)28(24,25)15-13(18)12(9-11(17)14(15)27(3,22)23)26-19-16(21)10-7-5-4-6-8-10/h4-9H,1-3H3,(H,19,21). The Bertz CT molecular complexity index is 1120. The van der Waals surface area contributed by atoms with Crippen LogP contribution in [-0.4, -0.2) is 47.4 Å². The summed E-state index contributed by atoms with van der Waals surface area (Å²) in [5, 5.41) is -0.576. The predicted molar refractivity (Wildman–Crippen MR) is 99.9 cm³/mol. The maximum Gasteiger partial charge on any atom is 0.283 e. The third-order valence-electron chi connectivity index (χ3n) is 3.50. The number of amides is 1. The Morgan fingerprint density at radius 2 is 1.68 bits per heavy atom. The maximum atomic E-state index is 14.9. The van der Waals surface area contributed by atoms with E-state index in [-0.39, 0.29) is 5.56 Å². The Kier molecular flexibility index (Phi) is 6.34. The number of hydrogen-bond acceptors (Lipinski definition) is 6. The van der Waals surface area contributed by atoms with Gasteiger partial charge in [0, 0.05) is 32.0 Å². The summed E-state index contributed by atoms with van der Waals surface area (Å²) < 4.78 is 64.6. The molecule has 28 heavy (non-hydrogen) atoms. The van der Waals surface area contributed by atoms with Gasteiger partial charge in [-0.05, 0) is 12.1 Å². The molecule has 0 aliphatic carbocycles. The van der Waals surface area contributed by atoms with Crippen LogP contribution in [0.25, 0.3) is 0 Å². The van der Waals surface area contributed by atoms with Crippen LogP contribution in [0.3, 0.4) is 0 Å². The Balaban J connectivity index is 2.56. The van der Waals surface area contributed by atoms with Crippen LogP contribution in [0.5, 0.6) is 5.75 Å². The first kappa shape index (κ1) is 22.1. The highest BCUT2D eigenvalue weighted by Crippen LogP contribution is 2.37. The van der Waals surface area contributed by atoms with E-state index in [4.69, 9.17) is 16.4 Å². The van der Waals surface area contributed by atoms with Crippen LogP contribution < -0.4 is 10.3 Å². The average Bonchev–Trinajstić information content (AvgIpc) is 2.60. The molecule has 1 amide bonds. The quantitative estimate of drug-likeness (QED) is 0.672. The van der Waals surface area contributed by atoms with Crippen molar-refractivity contribution in [3.8, 4) is 5.75 Å². The zero-order chi connectivity index (χ0) is 21.3. The summed E-state index contributed by atoms with van der Waals surface area (Å²) in [5.41, 5.74) is 2.15. The highest BCUT2D eigenvalue weighted by atomic mass is 35.5. The molecule has 0 aromatic heterocycles. The number of sulfone groups is 1. The van der Waals surface area contributed by atoms with Crippen molar-refractivity contribution < 1.29 is 30.9 Å². The summed E-state index contributed by atoms with van der Waals surface area (Å²) in [6.45, 7) is 0. The van der Waals surface area contributed by atoms with Gasteiger partial charge in [0.15, 0.2) is 21.4 Å². The van der Waals surface area contributed by atoms with Gasteiger partial charge in [0.1, 0.15) is 9.79 Å². The summed E-state index contributed by atoms with van der Waals surface area (Å²) in [6, 6.07) is 8.57. The van der Waals surface area contributed by atoms with Crippen molar-refractivity contribution in [3.63, 3.8) is 0 Å². The number of halogens is 2. The number of hydroxylamine groups is 1. The van der Waals surface area contributed by atoms with E-state index in [1.807, 2.05) is 5.48 Å². The molecular formula is C16H16ClFN2O6S2. The van der Waals surface area contributed by atoms with Crippen molar-refractivity contribution in [2.75, 3.05) is 20.4 Å². The number of sulfonamides is 1. The van der Waals surface area contributed by atoms with Gasteiger partial charge < -0.3 is 4.84 Å². The van der Waals surface area contributed by atoms with Gasteiger partial charge >= 0.3 is 0 Å². The number of benzene rings is 2. The molecule has 12 heteroatoms. The van der Waals surface area contributed by atoms with Crippen LogP contribution in [0, 0.1) is 5.82 Å². The van der Waals surface area contributed by atoms with Crippen LogP contribution in [-0.2, 0) is 19.9 Å². The van der Waals surface area contributed by atoms with E-state index in [0.29, 0.717) is 10.6 Å². The van der Waals surface area contributed by atoms with Gasteiger partial charge in [-0.15, -0.1) is 0 Å². The molecule has 0 fully saturated rings. The molecule has 0 radical (unpaired) electrons. The second kappa shape index (κ2) is 8.03. The highest BCUT2D eigenvalue weighted by Gasteiger charge is 2.35. The zero-order valence-electron chi connectivity index (χ0n) is 14.9. The number of carbonyl (C=O) groups excluding carboxylic acids is 1. The van der Waals surface area contributed by atoms with Gasteiger partial charge in [0.05, 0.1) is 5.02 Å². The SMILES string of the molecule is CN(C)S(=O)(=O)c1c(F)c(ONC(=O)c2ccccc2)cc(Cl)c1S(C)(=O)=O. The monoisotopic (exact) mass is 450 g/mol. The molecule has 0 saturated heterocycles. The van der Waals surface area contributed by atoms with E-state index in [1.165, 1.54) is 12.1 Å². The first-order chi connectivity index (χ1) is 12.9. The molecule has 0 aliphatic heterocycles. The van der Waals surface area contributed by atoms with E-state index in [0.717, 1.165) is 20.2 Å². The van der Waals surface area contributed by atoms with Crippen molar-refractivity contribution in [3.05, 3.63) is 52.8 Å². The Labute approximate surface area is 166 Å². The molecule has 0 bridgehead atoms. The van der Waals surface area contributed by atoms with Crippen molar-refractivity contribution >= 4 is 37.4 Å². The molecule has 0 aliphatic rings. The van der Waals surface area contributed by atoms with Gasteiger partial charge in [-0.1, -0.05) is 29.8 Å². The molecule has 8 nitrogen and oxygen atoms in total. The highest BCUT2D eigenvalue weighted by molar-refractivity contribution is 7.93. The normalized spacial score (nSPS) is 12.1. The molecule has 0 spiro atoms. The first-order valence-corrected chi connectivity index (χ1v) is 11.2. The van der Waals surface area contributed by atoms with E-state index in [2.05, 4.69) is 0 Å². The fraction of sp³-hybridized carbons (Fsp3) is 0.188. The van der Waals surface area contributed by atoms with Gasteiger partial charge in [-0.3, -0.25) is 4.79 Å². The molecule has 1 N–H and O–H groups in total. The van der Waals surface area contributed by atoms with E-state index >= 15 is 0 Å². The van der Waals surface area contributed by atoms with E-state index < -0.39 is 52.1 Å². The molecular weight excluding hydrogens is 435 g/mol. The van der Waals surface area contributed by atoms with E-state index in [9.17, 15) is 26.0 Å². The van der Waals surface area contributed by atoms with Crippen LogP contribution in [0.2, 0.25) is 5.02 Å². The number of hydrogen-bond donors (Lipinski definition) is 1. The molecule has 0 unspecified atom stereocenters. The lowest BCUT2D eigenvalue weighted by atomic mass is 10.2. The molecule has 2 aromatic carbocycles. The lowest BCUT2D eigenvalue weighted by molar-refractivity contribution is 0.0750. The third kappa shape index (κ3) is 4.43. The molecule has 2 rings (SSSR count). The summed E-state index contributed by atoms with van der Waals surface area (Å²) in [6.07, 6.45) is 0.694. The van der Waals surface area contributed by atoms with Crippen molar-refractivity contribution in [2.45, 2.75) is 9.79 Å². The molecule has 2 aromatic rings. The Hall–Kier alpha value is -2.21. The van der Waals surface area contributed by atoms with Crippen LogP contribution in [0.15, 0.2) is 46.2 Å². The predicted octanol–water partition coefficient (Wildman–Crippen LogP) is 1.86.